The zero-order valence-corrected chi connectivity index (χ0v) is 23.3. The first kappa shape index (κ1) is 26.4. The van der Waals surface area contributed by atoms with Crippen LogP contribution in [0.3, 0.4) is 0 Å². The van der Waals surface area contributed by atoms with Crippen molar-refractivity contribution < 1.29 is 9.59 Å². The van der Waals surface area contributed by atoms with Crippen molar-refractivity contribution in [1.29, 1.82) is 0 Å². The van der Waals surface area contributed by atoms with E-state index in [0.29, 0.717) is 12.1 Å². The maximum atomic E-state index is 13.9. The Morgan fingerprint density at radius 3 is 2.13 bits per heavy atom. The molecule has 0 aromatic heterocycles. The summed E-state index contributed by atoms with van der Waals surface area (Å²) >= 11 is 0. The summed E-state index contributed by atoms with van der Waals surface area (Å²) in [5.74, 6) is 0.0554. The molecule has 2 aliphatic heterocycles. The van der Waals surface area contributed by atoms with Crippen LogP contribution in [0.5, 0.6) is 0 Å². The van der Waals surface area contributed by atoms with Crippen LogP contribution in [0, 0.1) is 0 Å². The van der Waals surface area contributed by atoms with E-state index < -0.39 is 0 Å². The molecule has 2 aromatic carbocycles. The molecule has 4 aliphatic rings. The van der Waals surface area contributed by atoms with Crippen molar-refractivity contribution in [3.05, 3.63) is 71.3 Å². The number of amides is 3. The van der Waals surface area contributed by atoms with Gasteiger partial charge in [0.25, 0.3) is 5.91 Å². The lowest BCUT2D eigenvalue weighted by Gasteiger charge is -2.39. The first-order valence-corrected chi connectivity index (χ1v) is 15.4. The van der Waals surface area contributed by atoms with Gasteiger partial charge in [0.05, 0.1) is 6.04 Å². The highest BCUT2D eigenvalue weighted by molar-refractivity contribution is 5.94. The molecule has 2 aromatic rings. The standard InChI is InChI=1S/C33H44N4O2/c38-32(34-28-11-7-8-12-28)27-17-15-25(16-18-27)23-35-21-19-30(20-22-35)37-31(26-9-3-1-4-10-26)24-36(33(37)39)29-13-5-2-6-14-29/h1,3-4,9-10,15-18,28-31H,2,5-8,11-14,19-24H2,(H,34,38). The van der Waals surface area contributed by atoms with Crippen LogP contribution in [0.4, 0.5) is 4.79 Å². The number of rotatable bonds is 7. The minimum atomic E-state index is 0.0554. The number of urea groups is 1. The molecule has 0 bridgehead atoms. The van der Waals surface area contributed by atoms with E-state index in [1.165, 1.54) is 43.2 Å². The number of nitrogens with one attached hydrogen (secondary N) is 1. The quantitative estimate of drug-likeness (QED) is 0.470. The van der Waals surface area contributed by atoms with Crippen molar-refractivity contribution in [3.63, 3.8) is 0 Å². The van der Waals surface area contributed by atoms with Gasteiger partial charge in [-0.05, 0) is 61.8 Å². The molecule has 0 spiro atoms. The fourth-order valence-corrected chi connectivity index (χ4v) is 7.40. The third-order valence-electron chi connectivity index (χ3n) is 9.63. The van der Waals surface area contributed by atoms with Crippen molar-refractivity contribution in [1.82, 2.24) is 20.0 Å². The average molecular weight is 529 g/mol. The van der Waals surface area contributed by atoms with Gasteiger partial charge in [-0.25, -0.2) is 4.79 Å². The summed E-state index contributed by atoms with van der Waals surface area (Å²) in [6.45, 7) is 3.70. The second-order valence-electron chi connectivity index (χ2n) is 12.2. The molecule has 6 nitrogen and oxygen atoms in total. The van der Waals surface area contributed by atoms with Gasteiger partial charge in [-0.1, -0.05) is 74.6 Å². The monoisotopic (exact) mass is 528 g/mol. The number of carbonyl (C=O) groups is 2. The largest absolute Gasteiger partial charge is 0.349 e. The van der Waals surface area contributed by atoms with Gasteiger partial charge in [0.2, 0.25) is 0 Å². The Morgan fingerprint density at radius 1 is 0.769 bits per heavy atom. The van der Waals surface area contributed by atoms with Crippen LogP contribution in [0.25, 0.3) is 0 Å². The highest BCUT2D eigenvalue weighted by Crippen LogP contribution is 2.38. The second-order valence-corrected chi connectivity index (χ2v) is 12.2. The molecule has 0 radical (unpaired) electrons. The molecule has 6 heteroatoms. The minimum absolute atomic E-state index is 0.0554. The van der Waals surface area contributed by atoms with Crippen molar-refractivity contribution in [3.8, 4) is 0 Å². The molecule has 1 unspecified atom stereocenters. The zero-order valence-electron chi connectivity index (χ0n) is 23.3. The van der Waals surface area contributed by atoms with Crippen LogP contribution in [0.1, 0.15) is 98.2 Å². The maximum absolute atomic E-state index is 13.9. The predicted molar refractivity (Wildman–Crippen MR) is 154 cm³/mol. The predicted octanol–water partition coefficient (Wildman–Crippen LogP) is 6.14. The van der Waals surface area contributed by atoms with E-state index in [2.05, 4.69) is 62.5 Å². The average Bonchev–Trinajstić information content (AvgIpc) is 3.62. The topological polar surface area (TPSA) is 55.9 Å². The van der Waals surface area contributed by atoms with Crippen molar-refractivity contribution in [2.45, 2.75) is 101 Å². The zero-order chi connectivity index (χ0) is 26.6. The summed E-state index contributed by atoms with van der Waals surface area (Å²) in [6, 6.07) is 20.3. The Kier molecular flexibility index (Phi) is 8.19. The van der Waals surface area contributed by atoms with Gasteiger partial charge in [0.15, 0.2) is 0 Å². The summed E-state index contributed by atoms with van der Waals surface area (Å²) in [4.78, 5) is 33.4. The number of hydrogen-bond acceptors (Lipinski definition) is 3. The Labute approximate surface area is 233 Å². The number of nitrogens with zero attached hydrogens (tertiary/aromatic N) is 3. The Hall–Kier alpha value is -2.86. The molecular weight excluding hydrogens is 484 g/mol. The van der Waals surface area contributed by atoms with Gasteiger partial charge >= 0.3 is 6.03 Å². The number of hydrogen-bond donors (Lipinski definition) is 1. The lowest BCUT2D eigenvalue weighted by atomic mass is 9.94. The summed E-state index contributed by atoms with van der Waals surface area (Å²) in [7, 11) is 0. The number of piperidine rings is 1. The highest BCUT2D eigenvalue weighted by atomic mass is 16.2. The van der Waals surface area contributed by atoms with Crippen LogP contribution in [0.2, 0.25) is 0 Å². The molecule has 39 heavy (non-hydrogen) atoms. The smallest absolute Gasteiger partial charge is 0.321 e. The van der Waals surface area contributed by atoms with E-state index in [0.717, 1.165) is 70.3 Å². The van der Waals surface area contributed by atoms with E-state index in [-0.39, 0.29) is 24.0 Å². The van der Waals surface area contributed by atoms with E-state index in [1.807, 2.05) is 12.1 Å². The van der Waals surface area contributed by atoms with E-state index in [1.54, 1.807) is 0 Å². The number of likely N-dealkylation sites (tertiary alicyclic amines) is 1. The molecule has 208 valence electrons. The fraction of sp³-hybridized carbons (Fsp3) is 0.576. The summed E-state index contributed by atoms with van der Waals surface area (Å²) in [5, 5.41) is 3.19. The third kappa shape index (κ3) is 6.01. The van der Waals surface area contributed by atoms with Gasteiger partial charge < -0.3 is 15.1 Å². The molecule has 3 amide bonds. The highest BCUT2D eigenvalue weighted by Gasteiger charge is 2.45. The first-order chi connectivity index (χ1) is 19.2. The molecule has 2 heterocycles. The molecule has 6 rings (SSSR count). The van der Waals surface area contributed by atoms with Crippen LogP contribution in [-0.2, 0) is 6.54 Å². The lowest BCUT2D eigenvalue weighted by Crippen LogP contribution is -2.48. The van der Waals surface area contributed by atoms with Crippen molar-refractivity contribution in [2.24, 2.45) is 0 Å². The Bertz CT molecular complexity index is 1100. The fourth-order valence-electron chi connectivity index (χ4n) is 7.40. The van der Waals surface area contributed by atoms with Crippen LogP contribution < -0.4 is 5.32 Å². The SMILES string of the molecule is O=C(NC1CCCC1)c1ccc(CN2CCC(N3C(=O)N(C4CCCCC4)CC3c3ccccc3)CC2)cc1. The van der Waals surface area contributed by atoms with Gasteiger partial charge in [0.1, 0.15) is 0 Å². The van der Waals surface area contributed by atoms with E-state index in [9.17, 15) is 9.59 Å². The third-order valence-corrected chi connectivity index (χ3v) is 9.63. The van der Waals surface area contributed by atoms with Gasteiger partial charge in [-0.2, -0.15) is 0 Å². The lowest BCUT2D eigenvalue weighted by molar-refractivity contribution is 0.0937. The van der Waals surface area contributed by atoms with E-state index >= 15 is 0 Å². The minimum Gasteiger partial charge on any atom is -0.349 e. The first-order valence-electron chi connectivity index (χ1n) is 15.4. The molecule has 4 fully saturated rings. The van der Waals surface area contributed by atoms with E-state index in [4.69, 9.17) is 0 Å². The normalized spacial score (nSPS) is 24.0. The second kappa shape index (κ2) is 12.1. The van der Waals surface area contributed by atoms with Gasteiger partial charge in [-0.3, -0.25) is 9.69 Å². The molecule has 1 atom stereocenters. The Morgan fingerprint density at radius 2 is 1.44 bits per heavy atom. The van der Waals surface area contributed by atoms with Crippen LogP contribution >= 0.6 is 0 Å². The maximum Gasteiger partial charge on any atom is 0.321 e. The number of carbonyl (C=O) groups excluding carboxylic acids is 2. The van der Waals surface area contributed by atoms with Crippen molar-refractivity contribution in [2.75, 3.05) is 19.6 Å². The summed E-state index contributed by atoms with van der Waals surface area (Å²) in [6.07, 6.45) is 12.8. The molecule has 2 aliphatic carbocycles. The van der Waals surface area contributed by atoms with Gasteiger partial charge in [0, 0.05) is 49.9 Å². The molecule has 2 saturated heterocycles. The van der Waals surface area contributed by atoms with Crippen LogP contribution in [-0.4, -0.2) is 64.4 Å². The van der Waals surface area contributed by atoms with Crippen molar-refractivity contribution >= 4 is 11.9 Å². The van der Waals surface area contributed by atoms with Gasteiger partial charge in [-0.15, -0.1) is 0 Å². The summed E-state index contributed by atoms with van der Waals surface area (Å²) in [5.41, 5.74) is 3.27. The molecular formula is C33H44N4O2. The Balaban J connectivity index is 1.07. The summed E-state index contributed by atoms with van der Waals surface area (Å²) < 4.78 is 0. The number of benzene rings is 2. The molecule has 1 N–H and O–H groups in total. The van der Waals surface area contributed by atoms with Crippen LogP contribution in [0.15, 0.2) is 54.6 Å². The molecule has 2 saturated carbocycles.